The molecule has 0 saturated carbocycles. The van der Waals surface area contributed by atoms with E-state index in [4.69, 9.17) is 0 Å². The Morgan fingerprint density at radius 1 is 1.42 bits per heavy atom. The lowest BCUT2D eigenvalue weighted by Crippen LogP contribution is -2.29. The van der Waals surface area contributed by atoms with Crippen LogP contribution >= 0.6 is 0 Å². The van der Waals surface area contributed by atoms with Crippen molar-refractivity contribution in [2.75, 3.05) is 18.9 Å². The molecule has 2 rings (SSSR count). The van der Waals surface area contributed by atoms with Crippen molar-refractivity contribution in [3.8, 4) is 0 Å². The number of nitrogens with one attached hydrogen (secondary N) is 2. The second-order valence-electron chi connectivity index (χ2n) is 4.62. The number of imidazole rings is 1. The molecule has 1 atom stereocenters. The summed E-state index contributed by atoms with van der Waals surface area (Å²) in [5.74, 6) is 0.520. The Balaban J connectivity index is 2.27. The van der Waals surface area contributed by atoms with Crippen LogP contribution in [-0.2, 0) is 11.3 Å². The predicted molar refractivity (Wildman–Crippen MR) is 77.1 cm³/mol. The van der Waals surface area contributed by atoms with Crippen LogP contribution in [0.15, 0.2) is 24.3 Å². The lowest BCUT2D eigenvalue weighted by atomic mass is 10.1. The minimum atomic E-state index is -0.0879. The van der Waals surface area contributed by atoms with Gasteiger partial charge in [-0.2, -0.15) is 0 Å². The third kappa shape index (κ3) is 2.76. The van der Waals surface area contributed by atoms with Crippen LogP contribution in [0.25, 0.3) is 11.0 Å². The number of anilines is 1. The number of hydrogen-bond acceptors (Lipinski definition) is 3. The Morgan fingerprint density at radius 3 is 2.84 bits per heavy atom. The number of nitrogens with zero attached hydrogens (tertiary/aromatic N) is 2. The smallest absolute Gasteiger partial charge is 0.230 e. The van der Waals surface area contributed by atoms with Crippen molar-refractivity contribution in [1.82, 2.24) is 14.9 Å². The fourth-order valence-electron chi connectivity index (χ4n) is 2.12. The molecule has 5 nitrogen and oxygen atoms in total. The molecule has 1 heterocycles. The lowest BCUT2D eigenvalue weighted by Gasteiger charge is -2.12. The van der Waals surface area contributed by atoms with Gasteiger partial charge in [0.15, 0.2) is 0 Å². The molecule has 0 radical (unpaired) electrons. The van der Waals surface area contributed by atoms with E-state index in [0.717, 1.165) is 17.6 Å². The molecular weight excluding hydrogens is 240 g/mol. The third-order valence-corrected chi connectivity index (χ3v) is 3.16. The van der Waals surface area contributed by atoms with Gasteiger partial charge in [-0.15, -0.1) is 0 Å². The van der Waals surface area contributed by atoms with Gasteiger partial charge in [0.2, 0.25) is 11.9 Å². The third-order valence-electron chi connectivity index (χ3n) is 3.16. The van der Waals surface area contributed by atoms with Crippen molar-refractivity contribution < 1.29 is 4.79 Å². The molecule has 0 aliphatic carbocycles. The summed E-state index contributed by atoms with van der Waals surface area (Å²) in [7, 11) is 1.84. The van der Waals surface area contributed by atoms with Gasteiger partial charge < -0.3 is 9.88 Å². The molecule has 102 valence electrons. The molecule has 0 fully saturated rings. The topological polar surface area (TPSA) is 59.0 Å². The van der Waals surface area contributed by atoms with Crippen LogP contribution in [0.4, 0.5) is 5.95 Å². The molecule has 0 aliphatic rings. The SMILES string of the molecule is CCn1c(NC(=O)C(C)CNC)nc2ccccc21. The maximum absolute atomic E-state index is 12.0. The predicted octanol–water partition coefficient (Wildman–Crippen LogP) is 1.85. The Bertz CT molecular complexity index is 576. The molecule has 1 aromatic carbocycles. The molecule has 0 saturated heterocycles. The van der Waals surface area contributed by atoms with Crippen LogP contribution in [0, 0.1) is 5.92 Å². The fourth-order valence-corrected chi connectivity index (χ4v) is 2.12. The second-order valence-corrected chi connectivity index (χ2v) is 4.62. The molecule has 1 unspecified atom stereocenters. The summed E-state index contributed by atoms with van der Waals surface area (Å²) in [6, 6.07) is 7.89. The van der Waals surface area contributed by atoms with Gasteiger partial charge in [0, 0.05) is 19.0 Å². The van der Waals surface area contributed by atoms with Gasteiger partial charge in [-0.3, -0.25) is 10.1 Å². The standard InChI is InChI=1S/C14H20N4O/c1-4-18-12-8-6-5-7-11(12)16-14(18)17-13(19)10(2)9-15-3/h5-8,10,15H,4,9H2,1-3H3,(H,16,17,19). The summed E-state index contributed by atoms with van der Waals surface area (Å²) in [6.45, 7) is 5.36. The minimum Gasteiger partial charge on any atom is -0.319 e. The monoisotopic (exact) mass is 260 g/mol. The van der Waals surface area contributed by atoms with E-state index in [9.17, 15) is 4.79 Å². The van der Waals surface area contributed by atoms with Crippen LogP contribution in [0.2, 0.25) is 0 Å². The first kappa shape index (κ1) is 13.5. The zero-order valence-corrected chi connectivity index (χ0v) is 11.6. The number of carbonyl (C=O) groups excluding carboxylic acids is 1. The summed E-state index contributed by atoms with van der Waals surface area (Å²) < 4.78 is 2.01. The Morgan fingerprint density at radius 2 is 2.16 bits per heavy atom. The Labute approximate surface area is 113 Å². The highest BCUT2D eigenvalue weighted by molar-refractivity contribution is 5.93. The first-order valence-corrected chi connectivity index (χ1v) is 6.58. The summed E-state index contributed by atoms with van der Waals surface area (Å²) in [5.41, 5.74) is 1.95. The van der Waals surface area contributed by atoms with E-state index >= 15 is 0 Å². The van der Waals surface area contributed by atoms with Crippen LogP contribution < -0.4 is 10.6 Å². The number of aromatic nitrogens is 2. The van der Waals surface area contributed by atoms with E-state index in [2.05, 4.69) is 15.6 Å². The first-order valence-electron chi connectivity index (χ1n) is 6.58. The highest BCUT2D eigenvalue weighted by Crippen LogP contribution is 2.19. The van der Waals surface area contributed by atoms with Crippen molar-refractivity contribution in [2.24, 2.45) is 5.92 Å². The highest BCUT2D eigenvalue weighted by Gasteiger charge is 2.16. The van der Waals surface area contributed by atoms with Crippen molar-refractivity contribution >= 4 is 22.9 Å². The van der Waals surface area contributed by atoms with E-state index in [-0.39, 0.29) is 11.8 Å². The zero-order chi connectivity index (χ0) is 13.8. The number of rotatable bonds is 5. The minimum absolute atomic E-state index is 0.0145. The molecule has 5 heteroatoms. The average Bonchev–Trinajstić information content (AvgIpc) is 2.75. The van der Waals surface area contributed by atoms with Crippen molar-refractivity contribution in [3.63, 3.8) is 0 Å². The van der Waals surface area contributed by atoms with Gasteiger partial charge in [0.25, 0.3) is 0 Å². The molecule has 19 heavy (non-hydrogen) atoms. The molecule has 0 aliphatic heterocycles. The van der Waals surface area contributed by atoms with Gasteiger partial charge >= 0.3 is 0 Å². The highest BCUT2D eigenvalue weighted by atomic mass is 16.2. The maximum atomic E-state index is 12.0. The Kier molecular flexibility index (Phi) is 4.16. The molecule has 0 spiro atoms. The number of benzene rings is 1. The zero-order valence-electron chi connectivity index (χ0n) is 11.6. The second kappa shape index (κ2) is 5.84. The summed E-state index contributed by atoms with van der Waals surface area (Å²) in [4.78, 5) is 16.5. The molecule has 0 bridgehead atoms. The summed E-state index contributed by atoms with van der Waals surface area (Å²) in [6.07, 6.45) is 0. The van der Waals surface area contributed by atoms with E-state index in [0.29, 0.717) is 12.5 Å². The van der Waals surface area contributed by atoms with Crippen molar-refractivity contribution in [3.05, 3.63) is 24.3 Å². The Hall–Kier alpha value is -1.88. The van der Waals surface area contributed by atoms with Gasteiger partial charge in [0.05, 0.1) is 11.0 Å². The van der Waals surface area contributed by atoms with Gasteiger partial charge in [-0.1, -0.05) is 19.1 Å². The van der Waals surface area contributed by atoms with Crippen molar-refractivity contribution in [2.45, 2.75) is 20.4 Å². The quantitative estimate of drug-likeness (QED) is 0.862. The van der Waals surface area contributed by atoms with E-state index in [1.807, 2.05) is 49.7 Å². The normalized spacial score (nSPS) is 12.6. The molecule has 1 amide bonds. The summed E-state index contributed by atoms with van der Waals surface area (Å²) in [5, 5.41) is 5.91. The van der Waals surface area contributed by atoms with Gasteiger partial charge in [0.1, 0.15) is 0 Å². The van der Waals surface area contributed by atoms with Crippen molar-refractivity contribution in [1.29, 1.82) is 0 Å². The van der Waals surface area contributed by atoms with Crippen LogP contribution in [0.5, 0.6) is 0 Å². The number of para-hydroxylation sites is 2. The lowest BCUT2D eigenvalue weighted by molar-refractivity contribution is -0.119. The van der Waals surface area contributed by atoms with Gasteiger partial charge in [-0.25, -0.2) is 4.98 Å². The number of hydrogen-bond donors (Lipinski definition) is 2. The van der Waals surface area contributed by atoms with E-state index in [1.165, 1.54) is 0 Å². The van der Waals surface area contributed by atoms with Crippen LogP contribution in [-0.4, -0.2) is 29.1 Å². The number of fused-ring (bicyclic) bond motifs is 1. The molecule has 2 N–H and O–H groups in total. The number of amides is 1. The first-order chi connectivity index (χ1) is 9.17. The average molecular weight is 260 g/mol. The molecular formula is C14H20N4O. The number of aryl methyl sites for hydroxylation is 1. The largest absolute Gasteiger partial charge is 0.319 e. The van der Waals surface area contributed by atoms with Gasteiger partial charge in [-0.05, 0) is 26.1 Å². The van der Waals surface area contributed by atoms with E-state index < -0.39 is 0 Å². The fraction of sp³-hybridized carbons (Fsp3) is 0.429. The number of carbonyl (C=O) groups is 1. The maximum Gasteiger partial charge on any atom is 0.230 e. The van der Waals surface area contributed by atoms with E-state index in [1.54, 1.807) is 0 Å². The molecule has 2 aromatic rings. The van der Waals surface area contributed by atoms with Crippen LogP contribution in [0.3, 0.4) is 0 Å². The molecule has 1 aromatic heterocycles. The summed E-state index contributed by atoms with van der Waals surface area (Å²) >= 11 is 0. The van der Waals surface area contributed by atoms with Crippen LogP contribution in [0.1, 0.15) is 13.8 Å².